The Morgan fingerprint density at radius 1 is 1.24 bits per heavy atom. The molecule has 0 radical (unpaired) electrons. The van der Waals surface area contributed by atoms with E-state index >= 15 is 0 Å². The van der Waals surface area contributed by atoms with Gasteiger partial charge in [-0.25, -0.2) is 4.98 Å². The molecule has 0 aromatic carbocycles. The lowest BCUT2D eigenvalue weighted by atomic mass is 9.74. The van der Waals surface area contributed by atoms with Crippen LogP contribution in [-0.4, -0.2) is 18.1 Å². The summed E-state index contributed by atoms with van der Waals surface area (Å²) < 4.78 is 0. The highest BCUT2D eigenvalue weighted by molar-refractivity contribution is 5.57. The number of aromatic nitrogens is 1. The normalized spacial score (nSPS) is 20.1. The molecule has 1 aromatic rings. The summed E-state index contributed by atoms with van der Waals surface area (Å²) in [5, 5.41) is 9.46. The summed E-state index contributed by atoms with van der Waals surface area (Å²) in [6.45, 7) is 6.71. The van der Waals surface area contributed by atoms with Crippen molar-refractivity contribution in [3.05, 3.63) is 22.9 Å². The van der Waals surface area contributed by atoms with E-state index in [2.05, 4.69) is 30.9 Å². The fraction of sp³-hybridized carbons (Fsp3) is 0.667. The molecular weight excluding hydrogens is 258 g/mol. The topological polar surface area (TPSA) is 39.9 Å². The number of rotatable bonds is 3. The second-order valence-corrected chi connectivity index (χ2v) is 6.62. The molecule has 0 amide bonds. The molecule has 3 heteroatoms. The highest BCUT2D eigenvalue weighted by atomic mass is 15.2. The van der Waals surface area contributed by atoms with E-state index in [0.29, 0.717) is 5.41 Å². The Balaban J connectivity index is 1.84. The Morgan fingerprint density at radius 3 is 2.57 bits per heavy atom. The van der Waals surface area contributed by atoms with E-state index in [0.717, 1.165) is 37.3 Å². The molecule has 0 saturated carbocycles. The number of aryl methyl sites for hydroxylation is 2. The van der Waals surface area contributed by atoms with Gasteiger partial charge in [0.15, 0.2) is 0 Å². The van der Waals surface area contributed by atoms with Crippen LogP contribution in [0.4, 0.5) is 5.82 Å². The van der Waals surface area contributed by atoms with Gasteiger partial charge in [0.25, 0.3) is 0 Å². The monoisotopic (exact) mass is 283 g/mol. The lowest BCUT2D eigenvalue weighted by Crippen LogP contribution is -2.40. The van der Waals surface area contributed by atoms with Crippen LogP contribution in [0.3, 0.4) is 0 Å². The zero-order valence-electron chi connectivity index (χ0n) is 13.3. The molecule has 1 aliphatic carbocycles. The van der Waals surface area contributed by atoms with Crippen molar-refractivity contribution in [2.45, 2.75) is 58.8 Å². The zero-order valence-corrected chi connectivity index (χ0v) is 13.3. The van der Waals surface area contributed by atoms with Gasteiger partial charge in [-0.1, -0.05) is 26.7 Å². The highest BCUT2D eigenvalue weighted by Crippen LogP contribution is 2.39. The first-order valence-electron chi connectivity index (χ1n) is 8.39. The van der Waals surface area contributed by atoms with E-state index in [1.807, 2.05) is 0 Å². The van der Waals surface area contributed by atoms with Gasteiger partial charge in [-0.15, -0.1) is 0 Å². The van der Waals surface area contributed by atoms with Crippen molar-refractivity contribution >= 4 is 5.82 Å². The number of piperidine rings is 1. The maximum atomic E-state index is 9.46. The molecule has 0 spiro atoms. The number of hydrogen-bond acceptors (Lipinski definition) is 3. The third kappa shape index (κ3) is 2.52. The SMILES string of the molecule is CCC1(CC)CCN(c2nc3c(cc2C#N)CCC3)CC1. The minimum atomic E-state index is 0.514. The van der Waals surface area contributed by atoms with Crippen LogP contribution in [0.25, 0.3) is 0 Å². The third-order valence-corrected chi connectivity index (χ3v) is 5.77. The number of pyridine rings is 1. The summed E-state index contributed by atoms with van der Waals surface area (Å²) in [5.74, 6) is 0.943. The molecule has 3 nitrogen and oxygen atoms in total. The van der Waals surface area contributed by atoms with E-state index in [-0.39, 0.29) is 0 Å². The summed E-state index contributed by atoms with van der Waals surface area (Å²) in [7, 11) is 0. The predicted octanol–water partition coefficient (Wildman–Crippen LogP) is 3.85. The van der Waals surface area contributed by atoms with Gasteiger partial charge < -0.3 is 4.90 Å². The Kier molecular flexibility index (Phi) is 3.89. The summed E-state index contributed by atoms with van der Waals surface area (Å²) in [4.78, 5) is 7.20. The predicted molar refractivity (Wildman–Crippen MR) is 85.4 cm³/mol. The van der Waals surface area contributed by atoms with Gasteiger partial charge in [0.2, 0.25) is 0 Å². The van der Waals surface area contributed by atoms with Crippen LogP contribution in [0.2, 0.25) is 0 Å². The van der Waals surface area contributed by atoms with Gasteiger partial charge in [0, 0.05) is 18.8 Å². The number of nitriles is 1. The Labute approximate surface area is 128 Å². The molecule has 0 bridgehead atoms. The minimum Gasteiger partial charge on any atom is -0.355 e. The maximum Gasteiger partial charge on any atom is 0.146 e. The van der Waals surface area contributed by atoms with Crippen molar-refractivity contribution in [1.82, 2.24) is 4.98 Å². The lowest BCUT2D eigenvalue weighted by Gasteiger charge is -2.41. The van der Waals surface area contributed by atoms with Crippen molar-refractivity contribution in [3.63, 3.8) is 0 Å². The summed E-state index contributed by atoms with van der Waals surface area (Å²) in [5.41, 5.74) is 3.81. The van der Waals surface area contributed by atoms with Gasteiger partial charge in [0.1, 0.15) is 11.9 Å². The average molecular weight is 283 g/mol. The number of hydrogen-bond donors (Lipinski definition) is 0. The zero-order chi connectivity index (χ0) is 14.9. The summed E-state index contributed by atoms with van der Waals surface area (Å²) >= 11 is 0. The largest absolute Gasteiger partial charge is 0.355 e. The molecular formula is C18H25N3. The fourth-order valence-electron chi connectivity index (χ4n) is 3.93. The molecule has 0 unspecified atom stereocenters. The van der Waals surface area contributed by atoms with Crippen LogP contribution in [0, 0.1) is 16.7 Å². The smallest absolute Gasteiger partial charge is 0.146 e. The van der Waals surface area contributed by atoms with Crippen LogP contribution in [0.5, 0.6) is 0 Å². The van der Waals surface area contributed by atoms with E-state index < -0.39 is 0 Å². The summed E-state index contributed by atoms with van der Waals surface area (Å²) in [6.07, 6.45) is 8.33. The molecule has 2 aliphatic rings. The van der Waals surface area contributed by atoms with Crippen LogP contribution >= 0.6 is 0 Å². The number of nitrogens with zero attached hydrogens (tertiary/aromatic N) is 3. The molecule has 0 atom stereocenters. The second kappa shape index (κ2) is 5.67. The molecule has 21 heavy (non-hydrogen) atoms. The third-order valence-electron chi connectivity index (χ3n) is 5.77. The molecule has 0 N–H and O–H groups in total. The molecule has 1 saturated heterocycles. The second-order valence-electron chi connectivity index (χ2n) is 6.62. The molecule has 1 aromatic heterocycles. The maximum absolute atomic E-state index is 9.46. The van der Waals surface area contributed by atoms with Gasteiger partial charge in [-0.3, -0.25) is 0 Å². The minimum absolute atomic E-state index is 0.514. The highest BCUT2D eigenvalue weighted by Gasteiger charge is 2.32. The average Bonchev–Trinajstić information content (AvgIpc) is 3.01. The lowest BCUT2D eigenvalue weighted by molar-refractivity contribution is 0.199. The quantitative estimate of drug-likeness (QED) is 0.846. The number of fused-ring (bicyclic) bond motifs is 1. The van der Waals surface area contributed by atoms with Gasteiger partial charge in [-0.2, -0.15) is 5.26 Å². The van der Waals surface area contributed by atoms with Crippen molar-refractivity contribution in [3.8, 4) is 6.07 Å². The Bertz CT molecular complexity index is 557. The molecule has 1 aliphatic heterocycles. The van der Waals surface area contributed by atoms with E-state index in [9.17, 15) is 5.26 Å². The van der Waals surface area contributed by atoms with Crippen LogP contribution in [-0.2, 0) is 12.8 Å². The first kappa shape index (κ1) is 14.4. The van der Waals surface area contributed by atoms with Gasteiger partial charge in [0.05, 0.1) is 5.56 Å². The standard InChI is InChI=1S/C18H25N3/c1-3-18(4-2)8-10-21(11-9-18)17-15(13-19)12-14-6-5-7-16(14)20-17/h12H,3-11H2,1-2H3. The van der Waals surface area contributed by atoms with Crippen molar-refractivity contribution in [2.75, 3.05) is 18.0 Å². The molecule has 2 heterocycles. The Morgan fingerprint density at radius 2 is 1.95 bits per heavy atom. The van der Waals surface area contributed by atoms with Crippen molar-refractivity contribution < 1.29 is 0 Å². The van der Waals surface area contributed by atoms with E-state index in [1.54, 1.807) is 0 Å². The van der Waals surface area contributed by atoms with Crippen LogP contribution in [0.1, 0.15) is 62.8 Å². The fourth-order valence-corrected chi connectivity index (χ4v) is 3.93. The number of anilines is 1. The van der Waals surface area contributed by atoms with Crippen molar-refractivity contribution in [2.24, 2.45) is 5.41 Å². The Hall–Kier alpha value is -1.56. The van der Waals surface area contributed by atoms with Crippen LogP contribution in [0.15, 0.2) is 6.07 Å². The van der Waals surface area contributed by atoms with Crippen LogP contribution < -0.4 is 4.90 Å². The first-order chi connectivity index (χ1) is 10.2. The van der Waals surface area contributed by atoms with Gasteiger partial charge in [-0.05, 0) is 49.1 Å². The molecule has 3 rings (SSSR count). The molecule has 1 fully saturated rings. The molecule has 112 valence electrons. The van der Waals surface area contributed by atoms with E-state index in [1.165, 1.54) is 43.4 Å². The van der Waals surface area contributed by atoms with Crippen molar-refractivity contribution in [1.29, 1.82) is 5.26 Å². The first-order valence-corrected chi connectivity index (χ1v) is 8.39. The van der Waals surface area contributed by atoms with E-state index in [4.69, 9.17) is 4.98 Å². The summed E-state index contributed by atoms with van der Waals surface area (Å²) in [6, 6.07) is 4.46. The van der Waals surface area contributed by atoms with Gasteiger partial charge >= 0.3 is 0 Å².